The number of thioether (sulfide) groups is 1. The van der Waals surface area contributed by atoms with E-state index in [0.717, 1.165) is 31.2 Å². The zero-order valence-electron chi connectivity index (χ0n) is 14.6. The Hall–Kier alpha value is -2.00. The minimum absolute atomic E-state index is 0.123. The molecule has 9 heteroatoms. The second-order valence-electron chi connectivity index (χ2n) is 5.87. The molecule has 2 heterocycles. The van der Waals surface area contributed by atoms with Gasteiger partial charge in [-0.15, -0.1) is 10.2 Å². The molecule has 6 nitrogen and oxygen atoms in total. The Morgan fingerprint density at radius 3 is 2.69 bits per heavy atom. The number of carbonyl (C=O) groups is 1. The van der Waals surface area contributed by atoms with Crippen LogP contribution in [0.1, 0.15) is 24.2 Å². The third-order valence-electron chi connectivity index (χ3n) is 4.16. The molecule has 3 rings (SSSR count). The molecule has 0 radical (unpaired) electrons. The number of hydrogen-bond acceptors (Lipinski definition) is 6. The molecule has 1 aromatic heterocycles. The molecule has 0 saturated carbocycles. The first-order valence-corrected chi connectivity index (χ1v) is 9.31. The van der Waals surface area contributed by atoms with Gasteiger partial charge in [0.1, 0.15) is 11.6 Å². The number of nitrogens with zero attached hydrogens (tertiary/aromatic N) is 4. The highest BCUT2D eigenvalue weighted by Gasteiger charge is 2.25. The maximum Gasteiger partial charge on any atom is 0.228 e. The summed E-state index contributed by atoms with van der Waals surface area (Å²) in [6.45, 7) is 7.04. The third kappa shape index (κ3) is 3.88. The van der Waals surface area contributed by atoms with E-state index in [-0.39, 0.29) is 5.56 Å². The van der Waals surface area contributed by atoms with Crippen LogP contribution >= 0.6 is 11.8 Å². The SMILES string of the molecule is CCn1c(SC(C)C(=O)c2ccc(F)cc2F)nnc1N1CCOCC1. The van der Waals surface area contributed by atoms with Crippen LogP contribution in [0.25, 0.3) is 0 Å². The first kappa shape index (κ1) is 18.8. The smallest absolute Gasteiger partial charge is 0.228 e. The van der Waals surface area contributed by atoms with Crippen molar-refractivity contribution in [3.8, 4) is 0 Å². The first-order chi connectivity index (χ1) is 12.5. The van der Waals surface area contributed by atoms with Gasteiger partial charge in [-0.05, 0) is 26.0 Å². The fourth-order valence-electron chi connectivity index (χ4n) is 2.76. The summed E-state index contributed by atoms with van der Waals surface area (Å²) >= 11 is 1.22. The average molecular weight is 382 g/mol. The number of carbonyl (C=O) groups excluding carboxylic acids is 1. The summed E-state index contributed by atoms with van der Waals surface area (Å²) in [6, 6.07) is 2.97. The molecular weight excluding hydrogens is 362 g/mol. The van der Waals surface area contributed by atoms with Gasteiger partial charge in [0.05, 0.1) is 24.0 Å². The summed E-state index contributed by atoms with van der Waals surface area (Å²) in [7, 11) is 0. The monoisotopic (exact) mass is 382 g/mol. The van der Waals surface area contributed by atoms with Gasteiger partial charge in [0.25, 0.3) is 0 Å². The predicted molar refractivity (Wildman–Crippen MR) is 94.7 cm³/mol. The van der Waals surface area contributed by atoms with Crippen molar-refractivity contribution in [2.24, 2.45) is 0 Å². The Bertz CT molecular complexity index is 793. The molecule has 0 amide bonds. The molecule has 26 heavy (non-hydrogen) atoms. The maximum absolute atomic E-state index is 13.9. The standard InChI is InChI=1S/C17H20F2N4O2S/c1-3-23-16(22-6-8-25-9-7-22)20-21-17(23)26-11(2)15(24)13-5-4-12(18)10-14(13)19/h4-5,10-11H,3,6-9H2,1-2H3. The van der Waals surface area contributed by atoms with Gasteiger partial charge in [0.2, 0.25) is 5.95 Å². The highest BCUT2D eigenvalue weighted by molar-refractivity contribution is 8.00. The normalized spacial score (nSPS) is 15.9. The molecule has 0 N–H and O–H groups in total. The summed E-state index contributed by atoms with van der Waals surface area (Å²) in [5.74, 6) is -1.23. The Morgan fingerprint density at radius 2 is 2.04 bits per heavy atom. The molecule has 1 aliphatic heterocycles. The summed E-state index contributed by atoms with van der Waals surface area (Å²) in [6.07, 6.45) is 0. The van der Waals surface area contributed by atoms with Crippen molar-refractivity contribution in [3.05, 3.63) is 35.4 Å². The van der Waals surface area contributed by atoms with Crippen molar-refractivity contribution in [1.29, 1.82) is 0 Å². The lowest BCUT2D eigenvalue weighted by Crippen LogP contribution is -2.38. The van der Waals surface area contributed by atoms with Crippen LogP contribution in [-0.4, -0.2) is 52.1 Å². The number of benzene rings is 1. The molecular formula is C17H20F2N4O2S. The number of hydrogen-bond donors (Lipinski definition) is 0. The molecule has 0 bridgehead atoms. The largest absolute Gasteiger partial charge is 0.378 e. The number of rotatable bonds is 6. The lowest BCUT2D eigenvalue weighted by Gasteiger charge is -2.27. The number of ketones is 1. The van der Waals surface area contributed by atoms with Crippen LogP contribution in [0.15, 0.2) is 23.4 Å². The second kappa shape index (κ2) is 8.13. The fourth-order valence-corrected chi connectivity index (χ4v) is 3.74. The highest BCUT2D eigenvalue weighted by atomic mass is 32.2. The van der Waals surface area contributed by atoms with Crippen LogP contribution in [0.3, 0.4) is 0 Å². The minimum atomic E-state index is -0.853. The maximum atomic E-state index is 13.9. The molecule has 1 aromatic carbocycles. The Kier molecular flexibility index (Phi) is 5.87. The summed E-state index contributed by atoms with van der Waals surface area (Å²) < 4.78 is 34.2. The third-order valence-corrected chi connectivity index (χ3v) is 5.24. The van der Waals surface area contributed by atoms with Crippen molar-refractivity contribution in [2.45, 2.75) is 30.8 Å². The molecule has 140 valence electrons. The average Bonchev–Trinajstić information content (AvgIpc) is 3.04. The molecule has 1 saturated heterocycles. The van der Waals surface area contributed by atoms with E-state index in [2.05, 4.69) is 15.1 Å². The summed E-state index contributed by atoms with van der Waals surface area (Å²) in [5, 5.41) is 8.47. The van der Waals surface area contributed by atoms with E-state index in [1.165, 1.54) is 17.8 Å². The second-order valence-corrected chi connectivity index (χ2v) is 7.18. The van der Waals surface area contributed by atoms with Gasteiger partial charge in [0.15, 0.2) is 10.9 Å². The van der Waals surface area contributed by atoms with Gasteiger partial charge in [0, 0.05) is 25.7 Å². The van der Waals surface area contributed by atoms with Crippen LogP contribution in [0.2, 0.25) is 0 Å². The summed E-state index contributed by atoms with van der Waals surface area (Å²) in [4.78, 5) is 14.6. The zero-order valence-corrected chi connectivity index (χ0v) is 15.4. The van der Waals surface area contributed by atoms with E-state index < -0.39 is 22.7 Å². The molecule has 1 aliphatic rings. The van der Waals surface area contributed by atoms with Crippen LogP contribution < -0.4 is 4.90 Å². The van der Waals surface area contributed by atoms with E-state index >= 15 is 0 Å². The van der Waals surface area contributed by atoms with Gasteiger partial charge in [-0.3, -0.25) is 9.36 Å². The Balaban J connectivity index is 1.77. The predicted octanol–water partition coefficient (Wildman–Crippen LogP) is 2.78. The lowest BCUT2D eigenvalue weighted by molar-refractivity contribution is 0.0990. The molecule has 1 unspecified atom stereocenters. The van der Waals surface area contributed by atoms with Gasteiger partial charge in [-0.25, -0.2) is 8.78 Å². The summed E-state index contributed by atoms with van der Waals surface area (Å²) in [5.41, 5.74) is -0.123. The van der Waals surface area contributed by atoms with Crippen molar-refractivity contribution in [1.82, 2.24) is 14.8 Å². The minimum Gasteiger partial charge on any atom is -0.378 e. The highest BCUT2D eigenvalue weighted by Crippen LogP contribution is 2.28. The van der Waals surface area contributed by atoms with E-state index in [9.17, 15) is 13.6 Å². The van der Waals surface area contributed by atoms with Gasteiger partial charge < -0.3 is 9.64 Å². The molecule has 1 atom stereocenters. The van der Waals surface area contributed by atoms with E-state index in [0.29, 0.717) is 24.9 Å². The van der Waals surface area contributed by atoms with Gasteiger partial charge in [-0.2, -0.15) is 0 Å². The zero-order chi connectivity index (χ0) is 18.7. The van der Waals surface area contributed by atoms with Crippen molar-refractivity contribution in [3.63, 3.8) is 0 Å². The molecule has 0 aliphatic carbocycles. The van der Waals surface area contributed by atoms with Crippen molar-refractivity contribution < 1.29 is 18.3 Å². The van der Waals surface area contributed by atoms with Crippen molar-refractivity contribution >= 4 is 23.5 Å². The first-order valence-electron chi connectivity index (χ1n) is 8.43. The molecule has 1 fully saturated rings. The topological polar surface area (TPSA) is 60.2 Å². The Morgan fingerprint density at radius 1 is 1.31 bits per heavy atom. The van der Waals surface area contributed by atoms with Gasteiger partial charge >= 0.3 is 0 Å². The Labute approximate surface area is 154 Å². The number of aromatic nitrogens is 3. The molecule has 0 spiro atoms. The van der Waals surface area contributed by atoms with E-state index in [1.54, 1.807) is 6.92 Å². The van der Waals surface area contributed by atoms with Crippen LogP contribution in [0, 0.1) is 11.6 Å². The quantitative estimate of drug-likeness (QED) is 0.566. The number of morpholine rings is 1. The number of ether oxygens (including phenoxy) is 1. The lowest BCUT2D eigenvalue weighted by atomic mass is 10.1. The van der Waals surface area contributed by atoms with E-state index in [4.69, 9.17) is 4.74 Å². The molecule has 2 aromatic rings. The van der Waals surface area contributed by atoms with Crippen molar-refractivity contribution in [2.75, 3.05) is 31.2 Å². The number of anilines is 1. The van der Waals surface area contributed by atoms with Crippen LogP contribution in [0.4, 0.5) is 14.7 Å². The van der Waals surface area contributed by atoms with Crippen LogP contribution in [-0.2, 0) is 11.3 Å². The number of halogens is 2. The van der Waals surface area contributed by atoms with Crippen LogP contribution in [0.5, 0.6) is 0 Å². The van der Waals surface area contributed by atoms with E-state index in [1.807, 2.05) is 11.5 Å². The van der Waals surface area contributed by atoms with Gasteiger partial charge in [-0.1, -0.05) is 11.8 Å². The number of Topliss-reactive ketones (excluding diaryl/α,β-unsaturated/α-hetero) is 1. The fraction of sp³-hybridized carbons (Fsp3) is 0.471.